The van der Waals surface area contributed by atoms with Crippen molar-refractivity contribution in [3.8, 4) is 0 Å². The van der Waals surface area contributed by atoms with Gasteiger partial charge >= 0.3 is 6.03 Å². The van der Waals surface area contributed by atoms with Crippen molar-refractivity contribution >= 4 is 11.7 Å². The van der Waals surface area contributed by atoms with E-state index in [4.69, 9.17) is 0 Å². The molecule has 2 aliphatic heterocycles. The summed E-state index contributed by atoms with van der Waals surface area (Å²) in [5, 5.41) is 3.08. The summed E-state index contributed by atoms with van der Waals surface area (Å²) in [5.41, 5.74) is 3.28. The van der Waals surface area contributed by atoms with Gasteiger partial charge in [0.15, 0.2) is 0 Å². The maximum absolute atomic E-state index is 12.6. The molecule has 2 saturated heterocycles. The SMILES string of the molecule is Cc1cc(C)cc(NC(=O)N2CCC(CN3C[C@@H](C)C[C@H](C)C3)CC2)c1. The second kappa shape index (κ2) is 8.43. The van der Waals surface area contributed by atoms with Gasteiger partial charge in [-0.3, -0.25) is 0 Å². The molecule has 0 bridgehead atoms. The van der Waals surface area contributed by atoms with Gasteiger partial charge in [-0.15, -0.1) is 0 Å². The van der Waals surface area contributed by atoms with Crippen molar-refractivity contribution in [2.45, 2.75) is 47.0 Å². The number of carbonyl (C=O) groups excluding carboxylic acids is 1. The van der Waals surface area contributed by atoms with Gasteiger partial charge in [-0.25, -0.2) is 4.79 Å². The molecular formula is C22H35N3O. The average molecular weight is 358 g/mol. The zero-order valence-corrected chi connectivity index (χ0v) is 16.9. The molecule has 26 heavy (non-hydrogen) atoms. The number of nitrogens with zero attached hydrogens (tertiary/aromatic N) is 2. The summed E-state index contributed by atoms with van der Waals surface area (Å²) < 4.78 is 0. The molecule has 0 unspecified atom stereocenters. The fraction of sp³-hybridized carbons (Fsp3) is 0.682. The molecule has 0 radical (unpaired) electrons. The molecule has 1 aromatic rings. The Labute approximate surface area is 158 Å². The number of hydrogen-bond donors (Lipinski definition) is 1. The molecule has 4 nitrogen and oxygen atoms in total. The van der Waals surface area contributed by atoms with E-state index in [1.165, 1.54) is 37.2 Å². The third-order valence-corrected chi connectivity index (χ3v) is 5.84. The van der Waals surface area contributed by atoms with Gasteiger partial charge in [0.2, 0.25) is 0 Å². The van der Waals surface area contributed by atoms with Crippen LogP contribution in [0, 0.1) is 31.6 Å². The number of urea groups is 1. The summed E-state index contributed by atoms with van der Waals surface area (Å²) in [4.78, 5) is 17.2. The summed E-state index contributed by atoms with van der Waals surface area (Å²) in [5.74, 6) is 2.38. The average Bonchev–Trinajstić information content (AvgIpc) is 2.53. The Kier molecular flexibility index (Phi) is 6.23. The Bertz CT molecular complexity index is 592. The van der Waals surface area contributed by atoms with E-state index < -0.39 is 0 Å². The highest BCUT2D eigenvalue weighted by Gasteiger charge is 2.27. The first kappa shape index (κ1) is 19.2. The van der Waals surface area contributed by atoms with E-state index in [1.807, 2.05) is 17.0 Å². The summed E-state index contributed by atoms with van der Waals surface area (Å²) in [7, 11) is 0. The summed E-state index contributed by atoms with van der Waals surface area (Å²) in [6.07, 6.45) is 3.62. The first-order chi connectivity index (χ1) is 12.4. The second-order valence-electron chi connectivity index (χ2n) is 8.90. The Morgan fingerprint density at radius 2 is 1.62 bits per heavy atom. The van der Waals surface area contributed by atoms with Gasteiger partial charge in [0.25, 0.3) is 0 Å². The van der Waals surface area contributed by atoms with Crippen molar-refractivity contribution in [3.05, 3.63) is 29.3 Å². The molecule has 0 spiro atoms. The van der Waals surface area contributed by atoms with Crippen LogP contribution in [0.4, 0.5) is 10.5 Å². The van der Waals surface area contributed by atoms with Gasteiger partial charge < -0.3 is 15.1 Å². The van der Waals surface area contributed by atoms with E-state index in [9.17, 15) is 4.79 Å². The predicted molar refractivity (Wildman–Crippen MR) is 109 cm³/mol. The molecule has 0 aliphatic carbocycles. The van der Waals surface area contributed by atoms with Crippen LogP contribution in [0.5, 0.6) is 0 Å². The monoisotopic (exact) mass is 357 g/mol. The highest BCUT2D eigenvalue weighted by molar-refractivity contribution is 5.89. The number of carbonyl (C=O) groups is 1. The van der Waals surface area contributed by atoms with E-state index in [1.54, 1.807) is 0 Å². The number of rotatable bonds is 3. The Balaban J connectivity index is 1.46. The minimum absolute atomic E-state index is 0.0497. The fourth-order valence-corrected chi connectivity index (χ4v) is 4.87. The smallest absolute Gasteiger partial charge is 0.321 e. The van der Waals surface area contributed by atoms with Gasteiger partial charge in [-0.05, 0) is 74.1 Å². The second-order valence-corrected chi connectivity index (χ2v) is 8.90. The van der Waals surface area contributed by atoms with Crippen molar-refractivity contribution in [2.75, 3.05) is 38.0 Å². The minimum Gasteiger partial charge on any atom is -0.325 e. The van der Waals surface area contributed by atoms with Crippen LogP contribution in [-0.2, 0) is 0 Å². The Morgan fingerprint density at radius 1 is 1.04 bits per heavy atom. The number of amides is 2. The van der Waals surface area contributed by atoms with E-state index in [-0.39, 0.29) is 6.03 Å². The van der Waals surface area contributed by atoms with Crippen LogP contribution in [0.1, 0.15) is 44.2 Å². The van der Waals surface area contributed by atoms with Crippen molar-refractivity contribution in [3.63, 3.8) is 0 Å². The number of piperidine rings is 2. The number of hydrogen-bond acceptors (Lipinski definition) is 2. The van der Waals surface area contributed by atoms with Crippen LogP contribution in [0.15, 0.2) is 18.2 Å². The molecule has 0 aromatic heterocycles. The lowest BCUT2D eigenvalue weighted by Crippen LogP contribution is -2.46. The quantitative estimate of drug-likeness (QED) is 0.863. The third-order valence-electron chi connectivity index (χ3n) is 5.84. The first-order valence-corrected chi connectivity index (χ1v) is 10.3. The van der Waals surface area contributed by atoms with Crippen LogP contribution >= 0.6 is 0 Å². The van der Waals surface area contributed by atoms with Gasteiger partial charge in [0.05, 0.1) is 0 Å². The van der Waals surface area contributed by atoms with Gasteiger partial charge in [0, 0.05) is 38.4 Å². The Morgan fingerprint density at radius 3 is 2.19 bits per heavy atom. The molecule has 3 rings (SSSR count). The molecule has 2 amide bonds. The molecule has 1 aromatic carbocycles. The number of likely N-dealkylation sites (tertiary alicyclic amines) is 2. The summed E-state index contributed by atoms with van der Waals surface area (Å²) in [6, 6.07) is 6.25. The van der Waals surface area contributed by atoms with Gasteiger partial charge in [0.1, 0.15) is 0 Å². The molecule has 144 valence electrons. The van der Waals surface area contributed by atoms with Crippen molar-refractivity contribution in [1.29, 1.82) is 0 Å². The number of anilines is 1. The number of aryl methyl sites for hydroxylation is 2. The van der Waals surface area contributed by atoms with E-state index in [0.29, 0.717) is 0 Å². The van der Waals surface area contributed by atoms with Crippen molar-refractivity contribution < 1.29 is 4.79 Å². The van der Waals surface area contributed by atoms with E-state index in [0.717, 1.165) is 49.4 Å². The predicted octanol–water partition coefficient (Wildman–Crippen LogP) is 4.53. The lowest BCUT2D eigenvalue weighted by Gasteiger charge is -2.39. The molecular weight excluding hydrogens is 322 g/mol. The van der Waals surface area contributed by atoms with Crippen LogP contribution in [0.25, 0.3) is 0 Å². The normalized spacial score (nSPS) is 25.3. The molecule has 2 heterocycles. The highest BCUT2D eigenvalue weighted by Crippen LogP contribution is 2.25. The van der Waals surface area contributed by atoms with Crippen molar-refractivity contribution in [2.24, 2.45) is 17.8 Å². The Hall–Kier alpha value is -1.55. The molecule has 1 N–H and O–H groups in total. The first-order valence-electron chi connectivity index (χ1n) is 10.3. The molecule has 2 aliphatic rings. The fourth-order valence-electron chi connectivity index (χ4n) is 4.87. The highest BCUT2D eigenvalue weighted by atomic mass is 16.2. The molecule has 2 atom stereocenters. The van der Waals surface area contributed by atoms with Crippen LogP contribution < -0.4 is 5.32 Å². The van der Waals surface area contributed by atoms with Crippen LogP contribution in [-0.4, -0.2) is 48.6 Å². The maximum atomic E-state index is 12.6. The largest absolute Gasteiger partial charge is 0.325 e. The van der Waals surface area contributed by atoms with Crippen LogP contribution in [0.3, 0.4) is 0 Å². The summed E-state index contributed by atoms with van der Waals surface area (Å²) in [6.45, 7) is 14.3. The minimum atomic E-state index is 0.0497. The van der Waals surface area contributed by atoms with Crippen molar-refractivity contribution in [1.82, 2.24) is 9.80 Å². The number of nitrogens with one attached hydrogen (secondary N) is 1. The lowest BCUT2D eigenvalue weighted by molar-refractivity contribution is 0.101. The van der Waals surface area contributed by atoms with Gasteiger partial charge in [-0.2, -0.15) is 0 Å². The zero-order valence-electron chi connectivity index (χ0n) is 16.9. The van der Waals surface area contributed by atoms with E-state index >= 15 is 0 Å². The maximum Gasteiger partial charge on any atom is 0.321 e. The summed E-state index contributed by atoms with van der Waals surface area (Å²) >= 11 is 0. The topological polar surface area (TPSA) is 35.6 Å². The van der Waals surface area contributed by atoms with Gasteiger partial charge in [-0.1, -0.05) is 19.9 Å². The lowest BCUT2D eigenvalue weighted by atomic mass is 9.89. The molecule has 4 heteroatoms. The molecule has 2 fully saturated rings. The number of benzene rings is 1. The standard InChI is InChI=1S/C22H35N3O/c1-16-9-17(2)12-21(11-16)23-22(26)25-7-5-20(6-8-25)15-24-13-18(3)10-19(4)14-24/h9,11-12,18-20H,5-8,10,13-15H2,1-4H3,(H,23,26)/t18-,19-/m0/s1. The zero-order chi connectivity index (χ0) is 18.7. The van der Waals surface area contributed by atoms with Crippen LogP contribution in [0.2, 0.25) is 0 Å². The van der Waals surface area contributed by atoms with E-state index in [2.05, 4.69) is 44.0 Å². The third kappa shape index (κ3) is 5.23. The molecule has 0 saturated carbocycles.